The summed E-state index contributed by atoms with van der Waals surface area (Å²) in [6.45, 7) is 6.30. The summed E-state index contributed by atoms with van der Waals surface area (Å²) in [6.07, 6.45) is 1.80. The minimum atomic E-state index is 0.693. The van der Waals surface area contributed by atoms with Gasteiger partial charge in [-0.1, -0.05) is 48.0 Å². The predicted octanol–water partition coefficient (Wildman–Crippen LogP) is 4.93. The largest absolute Gasteiger partial charge is 0.436 e. The summed E-state index contributed by atoms with van der Waals surface area (Å²) in [6, 6.07) is 14.4. The van der Waals surface area contributed by atoms with Crippen molar-refractivity contribution in [2.24, 2.45) is 0 Å². The van der Waals surface area contributed by atoms with Gasteiger partial charge in [0.1, 0.15) is 0 Å². The van der Waals surface area contributed by atoms with Gasteiger partial charge in [-0.05, 0) is 31.9 Å². The first kappa shape index (κ1) is 12.7. The lowest BCUT2D eigenvalue weighted by Crippen LogP contribution is -1.89. The van der Waals surface area contributed by atoms with Crippen molar-refractivity contribution in [1.29, 1.82) is 0 Å². The van der Waals surface area contributed by atoms with Gasteiger partial charge in [0.05, 0.1) is 6.20 Å². The minimum absolute atomic E-state index is 0.693. The van der Waals surface area contributed by atoms with Crippen LogP contribution in [0, 0.1) is 20.8 Å². The van der Waals surface area contributed by atoms with Crippen molar-refractivity contribution >= 4 is 0 Å². The highest BCUT2D eigenvalue weighted by atomic mass is 16.4. The molecule has 0 fully saturated rings. The Morgan fingerprint density at radius 2 is 1.55 bits per heavy atom. The van der Waals surface area contributed by atoms with Gasteiger partial charge in [0, 0.05) is 11.1 Å². The SMILES string of the molecule is Cc1cc(C)c(-c2ncc(-c3ccccc3)o2)c(C)c1. The van der Waals surface area contributed by atoms with Gasteiger partial charge in [0.15, 0.2) is 5.76 Å². The summed E-state index contributed by atoms with van der Waals surface area (Å²) in [7, 11) is 0. The molecule has 100 valence electrons. The lowest BCUT2D eigenvalue weighted by atomic mass is 10.00. The van der Waals surface area contributed by atoms with Crippen molar-refractivity contribution in [3.8, 4) is 22.8 Å². The van der Waals surface area contributed by atoms with Crippen LogP contribution in [-0.4, -0.2) is 4.98 Å². The molecule has 0 radical (unpaired) electrons. The van der Waals surface area contributed by atoms with Gasteiger partial charge in [-0.3, -0.25) is 0 Å². The van der Waals surface area contributed by atoms with Gasteiger partial charge >= 0.3 is 0 Å². The molecule has 0 bridgehead atoms. The molecule has 0 saturated carbocycles. The number of aromatic nitrogens is 1. The molecule has 0 spiro atoms. The number of hydrogen-bond donors (Lipinski definition) is 0. The standard InChI is InChI=1S/C18H17NO/c1-12-9-13(2)17(14(3)10-12)18-19-11-16(20-18)15-7-5-4-6-8-15/h4-11H,1-3H3. The summed E-state index contributed by atoms with van der Waals surface area (Å²) < 4.78 is 5.95. The molecule has 0 saturated heterocycles. The molecule has 1 aromatic heterocycles. The van der Waals surface area contributed by atoms with Crippen LogP contribution in [0.25, 0.3) is 22.8 Å². The second kappa shape index (κ2) is 4.97. The Morgan fingerprint density at radius 1 is 0.900 bits per heavy atom. The van der Waals surface area contributed by atoms with E-state index in [1.54, 1.807) is 6.20 Å². The summed E-state index contributed by atoms with van der Waals surface area (Å²) >= 11 is 0. The second-order valence-electron chi connectivity index (χ2n) is 5.17. The van der Waals surface area contributed by atoms with Crippen molar-refractivity contribution < 1.29 is 4.42 Å². The van der Waals surface area contributed by atoms with Crippen molar-refractivity contribution in [3.05, 3.63) is 65.4 Å². The molecule has 1 heterocycles. The van der Waals surface area contributed by atoms with Crippen molar-refractivity contribution in [2.45, 2.75) is 20.8 Å². The number of oxazole rings is 1. The Bertz CT molecular complexity index is 718. The third-order valence-electron chi connectivity index (χ3n) is 3.45. The monoisotopic (exact) mass is 263 g/mol. The number of rotatable bonds is 2. The fourth-order valence-corrected chi connectivity index (χ4v) is 2.64. The van der Waals surface area contributed by atoms with E-state index in [4.69, 9.17) is 4.42 Å². The molecule has 3 aromatic rings. The number of nitrogens with zero attached hydrogens (tertiary/aromatic N) is 1. The highest BCUT2D eigenvalue weighted by Crippen LogP contribution is 2.30. The minimum Gasteiger partial charge on any atom is -0.436 e. The molecule has 0 aliphatic heterocycles. The smallest absolute Gasteiger partial charge is 0.227 e. The number of benzene rings is 2. The Hall–Kier alpha value is -2.35. The Morgan fingerprint density at radius 3 is 2.20 bits per heavy atom. The van der Waals surface area contributed by atoms with Crippen LogP contribution in [0.15, 0.2) is 53.1 Å². The summed E-state index contributed by atoms with van der Waals surface area (Å²) in [5, 5.41) is 0. The molecule has 2 nitrogen and oxygen atoms in total. The van der Waals surface area contributed by atoms with Crippen LogP contribution in [0.1, 0.15) is 16.7 Å². The zero-order valence-corrected chi connectivity index (χ0v) is 12.0. The lowest BCUT2D eigenvalue weighted by Gasteiger charge is -2.07. The summed E-state index contributed by atoms with van der Waals surface area (Å²) in [4.78, 5) is 4.45. The Balaban J connectivity index is 2.07. The lowest BCUT2D eigenvalue weighted by molar-refractivity contribution is 0.588. The molecule has 0 amide bonds. The maximum absolute atomic E-state index is 5.95. The van der Waals surface area contributed by atoms with Crippen molar-refractivity contribution in [1.82, 2.24) is 4.98 Å². The van der Waals surface area contributed by atoms with E-state index in [2.05, 4.69) is 37.9 Å². The van der Waals surface area contributed by atoms with Gasteiger partial charge in [-0.15, -0.1) is 0 Å². The summed E-state index contributed by atoms with van der Waals surface area (Å²) in [5.41, 5.74) is 5.80. The third-order valence-corrected chi connectivity index (χ3v) is 3.45. The van der Waals surface area contributed by atoms with Crippen LogP contribution in [0.4, 0.5) is 0 Å². The Kier molecular flexibility index (Phi) is 3.15. The van der Waals surface area contributed by atoms with E-state index in [1.165, 1.54) is 16.7 Å². The van der Waals surface area contributed by atoms with Crippen LogP contribution >= 0.6 is 0 Å². The van der Waals surface area contributed by atoms with Crippen LogP contribution in [0.3, 0.4) is 0 Å². The predicted molar refractivity (Wildman–Crippen MR) is 81.6 cm³/mol. The van der Waals surface area contributed by atoms with Crippen LogP contribution in [-0.2, 0) is 0 Å². The molecule has 0 N–H and O–H groups in total. The number of hydrogen-bond acceptors (Lipinski definition) is 2. The van der Waals surface area contributed by atoms with Crippen LogP contribution < -0.4 is 0 Å². The van der Waals surface area contributed by atoms with Gasteiger partial charge in [-0.2, -0.15) is 0 Å². The van der Waals surface area contributed by atoms with Gasteiger partial charge in [0.25, 0.3) is 0 Å². The highest BCUT2D eigenvalue weighted by molar-refractivity contribution is 5.66. The highest BCUT2D eigenvalue weighted by Gasteiger charge is 2.13. The first-order chi connectivity index (χ1) is 9.65. The van der Waals surface area contributed by atoms with E-state index in [0.29, 0.717) is 5.89 Å². The molecule has 0 aliphatic carbocycles. The molecule has 2 heteroatoms. The fraction of sp³-hybridized carbons (Fsp3) is 0.167. The van der Waals surface area contributed by atoms with E-state index in [9.17, 15) is 0 Å². The molecule has 3 rings (SSSR count). The molecule has 0 atom stereocenters. The average molecular weight is 263 g/mol. The van der Waals surface area contributed by atoms with E-state index >= 15 is 0 Å². The summed E-state index contributed by atoms with van der Waals surface area (Å²) in [5.74, 6) is 1.50. The second-order valence-corrected chi connectivity index (χ2v) is 5.17. The third kappa shape index (κ3) is 2.25. The first-order valence-electron chi connectivity index (χ1n) is 6.74. The molecule has 2 aromatic carbocycles. The maximum Gasteiger partial charge on any atom is 0.227 e. The van der Waals surface area contributed by atoms with Crippen LogP contribution in [0.2, 0.25) is 0 Å². The average Bonchev–Trinajstić information content (AvgIpc) is 2.88. The van der Waals surface area contributed by atoms with Crippen molar-refractivity contribution in [3.63, 3.8) is 0 Å². The van der Waals surface area contributed by atoms with E-state index in [1.807, 2.05) is 30.3 Å². The van der Waals surface area contributed by atoms with E-state index < -0.39 is 0 Å². The van der Waals surface area contributed by atoms with Gasteiger partial charge in [0.2, 0.25) is 5.89 Å². The van der Waals surface area contributed by atoms with Gasteiger partial charge in [-0.25, -0.2) is 4.98 Å². The normalized spacial score (nSPS) is 10.8. The first-order valence-corrected chi connectivity index (χ1v) is 6.74. The Labute approximate surface area is 119 Å². The van der Waals surface area contributed by atoms with Crippen LogP contribution in [0.5, 0.6) is 0 Å². The molecule has 0 unspecified atom stereocenters. The van der Waals surface area contributed by atoms with Gasteiger partial charge < -0.3 is 4.42 Å². The van der Waals surface area contributed by atoms with E-state index in [-0.39, 0.29) is 0 Å². The molecule has 20 heavy (non-hydrogen) atoms. The topological polar surface area (TPSA) is 26.0 Å². The fourth-order valence-electron chi connectivity index (χ4n) is 2.64. The van der Waals surface area contributed by atoms with E-state index in [0.717, 1.165) is 16.9 Å². The maximum atomic E-state index is 5.95. The molecule has 0 aliphatic rings. The zero-order chi connectivity index (χ0) is 14.1. The molecular weight excluding hydrogens is 246 g/mol. The number of aryl methyl sites for hydroxylation is 3. The van der Waals surface area contributed by atoms with Crippen molar-refractivity contribution in [2.75, 3.05) is 0 Å². The zero-order valence-electron chi connectivity index (χ0n) is 12.0. The molecular formula is C18H17NO. The quantitative estimate of drug-likeness (QED) is 0.655.